The minimum atomic E-state index is -0.378. The minimum Gasteiger partial charge on any atom is -0.489 e. The van der Waals surface area contributed by atoms with E-state index in [1.54, 1.807) is 6.20 Å². The highest BCUT2D eigenvalue weighted by molar-refractivity contribution is 6.62. The lowest BCUT2D eigenvalue weighted by atomic mass is 9.76. The first-order valence-electron chi connectivity index (χ1n) is 8.26. The van der Waals surface area contributed by atoms with Crippen molar-refractivity contribution in [1.29, 1.82) is 0 Å². The van der Waals surface area contributed by atoms with Gasteiger partial charge >= 0.3 is 7.12 Å². The van der Waals surface area contributed by atoms with Crippen molar-refractivity contribution in [1.82, 2.24) is 4.98 Å². The molecule has 0 N–H and O–H groups in total. The fourth-order valence-corrected chi connectivity index (χ4v) is 2.58. The molecule has 1 saturated heterocycles. The average molecular weight is 325 g/mol. The Bertz CT molecular complexity index is 700. The number of pyridine rings is 1. The van der Waals surface area contributed by atoms with Gasteiger partial charge in [0.15, 0.2) is 0 Å². The molecule has 0 amide bonds. The average Bonchev–Trinajstić information content (AvgIpc) is 2.75. The number of hydrogen-bond donors (Lipinski definition) is 0. The Balaban J connectivity index is 1.78. The fraction of sp³-hybridized carbons (Fsp3) is 0.421. The number of hydrogen-bond acceptors (Lipinski definition) is 4. The fourth-order valence-electron chi connectivity index (χ4n) is 2.58. The van der Waals surface area contributed by atoms with Crippen LogP contribution in [-0.4, -0.2) is 23.3 Å². The molecule has 0 saturated carbocycles. The summed E-state index contributed by atoms with van der Waals surface area (Å²) < 4.78 is 18.2. The van der Waals surface area contributed by atoms with Crippen LogP contribution in [0.3, 0.4) is 0 Å². The Kier molecular flexibility index (Phi) is 4.41. The summed E-state index contributed by atoms with van der Waals surface area (Å²) in [5.74, 6) is 0.800. The van der Waals surface area contributed by atoms with Gasteiger partial charge in [0.05, 0.1) is 11.2 Å². The second-order valence-corrected chi connectivity index (χ2v) is 7.26. The third-order valence-electron chi connectivity index (χ3n) is 4.89. The lowest BCUT2D eigenvalue weighted by Crippen LogP contribution is -2.41. The molecular weight excluding hydrogens is 301 g/mol. The van der Waals surface area contributed by atoms with Gasteiger partial charge in [0.2, 0.25) is 0 Å². The van der Waals surface area contributed by atoms with Gasteiger partial charge in [0, 0.05) is 18.0 Å². The third-order valence-corrected chi connectivity index (χ3v) is 4.89. The van der Waals surface area contributed by atoms with Gasteiger partial charge in [-0.1, -0.05) is 17.7 Å². The zero-order valence-corrected chi connectivity index (χ0v) is 15.0. The maximum atomic E-state index is 6.16. The molecule has 1 aromatic carbocycles. The van der Waals surface area contributed by atoms with Crippen molar-refractivity contribution in [2.75, 3.05) is 0 Å². The number of aryl methyl sites for hydroxylation is 1. The smallest absolute Gasteiger partial charge is 0.489 e. The zero-order chi connectivity index (χ0) is 17.4. The normalized spacial score (nSPS) is 18.6. The summed E-state index contributed by atoms with van der Waals surface area (Å²) in [5.41, 5.74) is 2.47. The lowest BCUT2D eigenvalue weighted by molar-refractivity contribution is 0.00578. The van der Waals surface area contributed by atoms with Crippen LogP contribution in [-0.2, 0) is 15.9 Å². The number of nitrogens with zero attached hydrogens (tertiary/aromatic N) is 1. The molecule has 2 heterocycles. The van der Waals surface area contributed by atoms with Crippen molar-refractivity contribution >= 4 is 12.6 Å². The third kappa shape index (κ3) is 3.33. The molecule has 0 spiro atoms. The van der Waals surface area contributed by atoms with Crippen LogP contribution < -0.4 is 10.2 Å². The molecule has 0 aliphatic carbocycles. The largest absolute Gasteiger partial charge is 0.495 e. The monoisotopic (exact) mass is 325 g/mol. The maximum absolute atomic E-state index is 6.16. The summed E-state index contributed by atoms with van der Waals surface area (Å²) >= 11 is 0. The molecule has 24 heavy (non-hydrogen) atoms. The summed E-state index contributed by atoms with van der Waals surface area (Å²) in [7, 11) is -0.378. The first-order valence-corrected chi connectivity index (χ1v) is 8.26. The van der Waals surface area contributed by atoms with Crippen LogP contribution in [0.25, 0.3) is 0 Å². The van der Waals surface area contributed by atoms with E-state index in [4.69, 9.17) is 14.0 Å². The number of aromatic nitrogens is 1. The van der Waals surface area contributed by atoms with E-state index in [-0.39, 0.29) is 18.3 Å². The molecule has 0 radical (unpaired) electrons. The molecule has 5 heteroatoms. The van der Waals surface area contributed by atoms with Crippen molar-refractivity contribution in [3.05, 3.63) is 53.9 Å². The van der Waals surface area contributed by atoms with Crippen LogP contribution in [0.5, 0.6) is 5.75 Å². The minimum absolute atomic E-state index is 0.351. The van der Waals surface area contributed by atoms with E-state index in [0.717, 1.165) is 22.3 Å². The van der Waals surface area contributed by atoms with Gasteiger partial charge in [0.25, 0.3) is 0 Å². The van der Waals surface area contributed by atoms with Gasteiger partial charge in [-0.2, -0.15) is 0 Å². The van der Waals surface area contributed by atoms with Gasteiger partial charge in [0.1, 0.15) is 12.4 Å². The number of rotatable bonds is 4. The Morgan fingerprint density at radius 3 is 2.42 bits per heavy atom. The predicted molar refractivity (Wildman–Crippen MR) is 95.5 cm³/mol. The van der Waals surface area contributed by atoms with Crippen molar-refractivity contribution in [3.63, 3.8) is 0 Å². The van der Waals surface area contributed by atoms with Crippen molar-refractivity contribution < 1.29 is 14.0 Å². The number of benzene rings is 1. The maximum Gasteiger partial charge on any atom is 0.495 e. The molecule has 0 atom stereocenters. The second kappa shape index (κ2) is 6.23. The van der Waals surface area contributed by atoms with E-state index in [1.165, 1.54) is 0 Å². The summed E-state index contributed by atoms with van der Waals surface area (Å²) in [6.45, 7) is 10.8. The molecule has 2 aromatic rings. The Hall–Kier alpha value is -1.85. The molecular formula is C19H24BNO3. The van der Waals surface area contributed by atoms with E-state index in [2.05, 4.69) is 39.6 Å². The van der Waals surface area contributed by atoms with Crippen LogP contribution in [0, 0.1) is 6.92 Å². The van der Waals surface area contributed by atoms with Gasteiger partial charge in [-0.25, -0.2) is 0 Å². The highest BCUT2D eigenvalue weighted by Crippen LogP contribution is 2.36. The molecule has 4 nitrogen and oxygen atoms in total. The van der Waals surface area contributed by atoms with E-state index in [0.29, 0.717) is 6.61 Å². The molecule has 1 aliphatic rings. The predicted octanol–water partition coefficient (Wildman–Crippen LogP) is 3.27. The summed E-state index contributed by atoms with van der Waals surface area (Å²) in [6, 6.07) is 9.92. The van der Waals surface area contributed by atoms with E-state index >= 15 is 0 Å². The molecule has 1 fully saturated rings. The summed E-state index contributed by atoms with van der Waals surface area (Å²) in [6.07, 6.45) is 3.56. The summed E-state index contributed by atoms with van der Waals surface area (Å²) in [4.78, 5) is 4.10. The van der Waals surface area contributed by atoms with Gasteiger partial charge in [-0.15, -0.1) is 0 Å². The SMILES string of the molecule is Cc1ccc(OCc2cccnc2)cc1B1OC(C)(C)C(C)(C)O1. The van der Waals surface area contributed by atoms with Crippen LogP contribution >= 0.6 is 0 Å². The first kappa shape index (κ1) is 17.0. The molecule has 0 bridgehead atoms. The van der Waals surface area contributed by atoms with Crippen molar-refractivity contribution in [2.24, 2.45) is 0 Å². The Morgan fingerprint density at radius 1 is 1.08 bits per heavy atom. The van der Waals surface area contributed by atoms with E-state index < -0.39 is 0 Å². The Labute approximate surface area is 144 Å². The highest BCUT2D eigenvalue weighted by Gasteiger charge is 2.52. The van der Waals surface area contributed by atoms with Crippen LogP contribution in [0.1, 0.15) is 38.8 Å². The lowest BCUT2D eigenvalue weighted by Gasteiger charge is -2.32. The van der Waals surface area contributed by atoms with Gasteiger partial charge < -0.3 is 14.0 Å². The quantitative estimate of drug-likeness (QED) is 0.809. The van der Waals surface area contributed by atoms with Crippen molar-refractivity contribution in [2.45, 2.75) is 52.4 Å². The van der Waals surface area contributed by atoms with Crippen LogP contribution in [0.15, 0.2) is 42.7 Å². The van der Waals surface area contributed by atoms with Gasteiger partial charge in [-0.05, 0) is 58.3 Å². The molecule has 3 rings (SSSR count). The van der Waals surface area contributed by atoms with Crippen LogP contribution in [0.4, 0.5) is 0 Å². The Morgan fingerprint density at radius 2 is 1.79 bits per heavy atom. The molecule has 126 valence electrons. The topological polar surface area (TPSA) is 40.6 Å². The first-order chi connectivity index (χ1) is 11.3. The molecule has 1 aromatic heterocycles. The van der Waals surface area contributed by atoms with Crippen molar-refractivity contribution in [3.8, 4) is 5.75 Å². The highest BCUT2D eigenvalue weighted by atomic mass is 16.7. The molecule has 0 unspecified atom stereocenters. The number of ether oxygens (including phenoxy) is 1. The summed E-state index contributed by atoms with van der Waals surface area (Å²) in [5, 5.41) is 0. The van der Waals surface area contributed by atoms with Crippen LogP contribution in [0.2, 0.25) is 0 Å². The van der Waals surface area contributed by atoms with E-state index in [1.807, 2.05) is 36.5 Å². The second-order valence-electron chi connectivity index (χ2n) is 7.26. The molecule has 1 aliphatic heterocycles. The van der Waals surface area contributed by atoms with Gasteiger partial charge in [-0.3, -0.25) is 4.98 Å². The zero-order valence-electron chi connectivity index (χ0n) is 15.0. The van der Waals surface area contributed by atoms with E-state index in [9.17, 15) is 0 Å². The standard InChI is InChI=1S/C19H24BNO3/c1-14-8-9-16(22-13-15-7-6-10-21-12-15)11-17(14)20-23-18(2,3)19(4,5)24-20/h6-12H,13H2,1-5H3.